The van der Waals surface area contributed by atoms with Crippen LogP contribution in [0.25, 0.3) is 0 Å². The largest absolute Gasteiger partial charge is 0.465 e. The van der Waals surface area contributed by atoms with Crippen LogP contribution < -0.4 is 5.32 Å². The lowest BCUT2D eigenvalue weighted by molar-refractivity contribution is -0.384. The maximum Gasteiger partial charge on any atom is 0.338 e. The zero-order valence-electron chi connectivity index (χ0n) is 12.2. The third-order valence-corrected chi connectivity index (χ3v) is 3.23. The molecular weight excluding hydrogens is 343 g/mol. The van der Waals surface area contributed by atoms with Crippen LogP contribution in [0.4, 0.5) is 15.8 Å². The maximum absolute atomic E-state index is 13.7. The molecule has 1 amide bonds. The van der Waals surface area contributed by atoms with Gasteiger partial charge in [0, 0.05) is 22.7 Å². The van der Waals surface area contributed by atoms with Crippen molar-refractivity contribution in [3.63, 3.8) is 0 Å². The lowest BCUT2D eigenvalue weighted by Crippen LogP contribution is -2.14. The number of benzene rings is 2. The number of nitro groups is 1. The highest BCUT2D eigenvalue weighted by atomic mass is 35.5. The summed E-state index contributed by atoms with van der Waals surface area (Å²) in [7, 11) is 1.10. The molecule has 7 nitrogen and oxygen atoms in total. The highest BCUT2D eigenvalue weighted by Gasteiger charge is 2.19. The molecule has 2 aromatic carbocycles. The van der Waals surface area contributed by atoms with E-state index < -0.39 is 28.3 Å². The number of nitrogens with zero attached hydrogens (tertiary/aromatic N) is 1. The Morgan fingerprint density at radius 3 is 2.46 bits per heavy atom. The molecule has 2 rings (SSSR count). The molecule has 0 aliphatic rings. The first-order chi connectivity index (χ1) is 11.3. The van der Waals surface area contributed by atoms with Gasteiger partial charge in [0.05, 0.1) is 23.3 Å². The number of esters is 1. The standard InChI is InChI=1S/C15H10ClFN2O5/c1-24-15(21)9-4-8(5-11(6-9)19(22)23)14(20)18-13-3-2-10(16)7-12(13)17/h2-7H,1H3,(H,18,20). The fraction of sp³-hybridized carbons (Fsp3) is 0.0667. The van der Waals surface area contributed by atoms with Gasteiger partial charge in [-0.25, -0.2) is 9.18 Å². The molecule has 0 aliphatic carbocycles. The first kappa shape index (κ1) is 17.4. The van der Waals surface area contributed by atoms with Gasteiger partial charge in [-0.2, -0.15) is 0 Å². The minimum Gasteiger partial charge on any atom is -0.465 e. The molecule has 124 valence electrons. The summed E-state index contributed by atoms with van der Waals surface area (Å²) in [5, 5.41) is 13.3. The number of carbonyl (C=O) groups excluding carboxylic acids is 2. The molecule has 0 fully saturated rings. The van der Waals surface area contributed by atoms with Crippen molar-refractivity contribution in [3.05, 3.63) is 68.5 Å². The van der Waals surface area contributed by atoms with E-state index in [2.05, 4.69) is 10.1 Å². The maximum atomic E-state index is 13.7. The lowest BCUT2D eigenvalue weighted by Gasteiger charge is -2.08. The number of anilines is 1. The number of methoxy groups -OCH3 is 1. The van der Waals surface area contributed by atoms with Gasteiger partial charge in [-0.3, -0.25) is 14.9 Å². The number of amides is 1. The number of hydrogen-bond acceptors (Lipinski definition) is 5. The molecule has 0 radical (unpaired) electrons. The van der Waals surface area contributed by atoms with E-state index in [1.54, 1.807) is 0 Å². The van der Waals surface area contributed by atoms with Crippen LogP contribution in [0.5, 0.6) is 0 Å². The summed E-state index contributed by atoms with van der Waals surface area (Å²) in [5.41, 5.74) is -0.998. The Hall–Kier alpha value is -3.00. The van der Waals surface area contributed by atoms with Crippen molar-refractivity contribution in [1.82, 2.24) is 0 Å². The van der Waals surface area contributed by atoms with Gasteiger partial charge in [0.1, 0.15) is 5.82 Å². The quantitative estimate of drug-likeness (QED) is 0.516. The van der Waals surface area contributed by atoms with Crippen molar-refractivity contribution in [2.45, 2.75) is 0 Å². The summed E-state index contributed by atoms with van der Waals surface area (Å²) in [6.07, 6.45) is 0. The van der Waals surface area contributed by atoms with Gasteiger partial charge in [-0.1, -0.05) is 11.6 Å². The molecule has 0 saturated carbocycles. The summed E-state index contributed by atoms with van der Waals surface area (Å²) < 4.78 is 18.2. The predicted octanol–water partition coefficient (Wildman–Crippen LogP) is 3.43. The number of nitro benzene ring substituents is 1. The van der Waals surface area contributed by atoms with E-state index in [0.29, 0.717) is 0 Å². The monoisotopic (exact) mass is 352 g/mol. The van der Waals surface area contributed by atoms with Crippen LogP contribution in [0.1, 0.15) is 20.7 Å². The van der Waals surface area contributed by atoms with Gasteiger partial charge >= 0.3 is 5.97 Å². The summed E-state index contributed by atoms with van der Waals surface area (Å²) in [6.45, 7) is 0. The van der Waals surface area contributed by atoms with Crippen LogP contribution >= 0.6 is 11.6 Å². The van der Waals surface area contributed by atoms with E-state index in [4.69, 9.17) is 11.6 Å². The van der Waals surface area contributed by atoms with E-state index in [0.717, 1.165) is 31.4 Å². The molecule has 2 aromatic rings. The average molecular weight is 353 g/mol. The molecule has 24 heavy (non-hydrogen) atoms. The Labute approximate surface area is 140 Å². The number of non-ortho nitro benzene ring substituents is 1. The van der Waals surface area contributed by atoms with Gasteiger partial charge in [0.15, 0.2) is 0 Å². The Balaban J connectivity index is 2.39. The highest BCUT2D eigenvalue weighted by Crippen LogP contribution is 2.22. The molecule has 0 aromatic heterocycles. The Morgan fingerprint density at radius 1 is 1.21 bits per heavy atom. The van der Waals surface area contributed by atoms with E-state index in [1.165, 1.54) is 12.1 Å². The van der Waals surface area contributed by atoms with Crippen molar-refractivity contribution in [2.24, 2.45) is 0 Å². The third-order valence-electron chi connectivity index (χ3n) is 2.99. The molecule has 1 N–H and O–H groups in total. The summed E-state index contributed by atoms with van der Waals surface area (Å²) in [5.74, 6) is -2.44. The van der Waals surface area contributed by atoms with E-state index in [9.17, 15) is 24.1 Å². The van der Waals surface area contributed by atoms with Gasteiger partial charge in [0.2, 0.25) is 0 Å². The second kappa shape index (κ2) is 7.05. The van der Waals surface area contributed by atoms with Crippen molar-refractivity contribution < 1.29 is 23.6 Å². The first-order valence-corrected chi connectivity index (χ1v) is 6.84. The van der Waals surface area contributed by atoms with Crippen molar-refractivity contribution in [2.75, 3.05) is 12.4 Å². The van der Waals surface area contributed by atoms with Crippen LogP contribution in [0.2, 0.25) is 5.02 Å². The van der Waals surface area contributed by atoms with Crippen molar-refractivity contribution >= 4 is 34.9 Å². The number of nitrogens with one attached hydrogen (secondary N) is 1. The van der Waals surface area contributed by atoms with Crippen molar-refractivity contribution in [1.29, 1.82) is 0 Å². The number of rotatable bonds is 4. The normalized spacial score (nSPS) is 10.1. The van der Waals surface area contributed by atoms with Crippen LogP contribution in [0.15, 0.2) is 36.4 Å². The van der Waals surface area contributed by atoms with Gasteiger partial charge in [-0.15, -0.1) is 0 Å². The SMILES string of the molecule is COC(=O)c1cc(C(=O)Nc2ccc(Cl)cc2F)cc([N+](=O)[O-])c1. The van der Waals surface area contributed by atoms with Crippen LogP contribution in [-0.4, -0.2) is 23.9 Å². The molecule has 0 saturated heterocycles. The van der Waals surface area contributed by atoms with Gasteiger partial charge in [-0.05, 0) is 24.3 Å². The van der Waals surface area contributed by atoms with Crippen molar-refractivity contribution in [3.8, 4) is 0 Å². The summed E-state index contributed by atoms with van der Waals surface area (Å²) >= 11 is 5.62. The first-order valence-electron chi connectivity index (χ1n) is 6.46. The van der Waals surface area contributed by atoms with Gasteiger partial charge < -0.3 is 10.1 Å². The Morgan fingerprint density at radius 2 is 1.88 bits per heavy atom. The second-order valence-corrected chi connectivity index (χ2v) is 5.03. The zero-order valence-corrected chi connectivity index (χ0v) is 13.0. The van der Waals surface area contributed by atoms with Crippen LogP contribution in [-0.2, 0) is 4.74 Å². The summed E-state index contributed by atoms with van der Waals surface area (Å²) in [4.78, 5) is 33.9. The number of ether oxygens (including phenoxy) is 1. The van der Waals surface area contributed by atoms with E-state index in [1.807, 2.05) is 0 Å². The number of hydrogen-bond donors (Lipinski definition) is 1. The Bertz CT molecular complexity index is 841. The minimum atomic E-state index is -0.842. The molecule has 0 atom stereocenters. The third kappa shape index (κ3) is 3.85. The van der Waals surface area contributed by atoms with Gasteiger partial charge in [0.25, 0.3) is 11.6 Å². The van der Waals surface area contributed by atoms with E-state index >= 15 is 0 Å². The highest BCUT2D eigenvalue weighted by molar-refractivity contribution is 6.30. The molecule has 0 unspecified atom stereocenters. The molecule has 0 aliphatic heterocycles. The fourth-order valence-corrected chi connectivity index (χ4v) is 2.03. The molecule has 9 heteroatoms. The fourth-order valence-electron chi connectivity index (χ4n) is 1.87. The summed E-state index contributed by atoms with van der Waals surface area (Å²) in [6, 6.07) is 6.68. The second-order valence-electron chi connectivity index (χ2n) is 4.60. The van der Waals surface area contributed by atoms with Crippen LogP contribution in [0, 0.1) is 15.9 Å². The smallest absolute Gasteiger partial charge is 0.338 e. The Kier molecular flexibility index (Phi) is 5.10. The number of halogens is 2. The molecular formula is C15H10ClFN2O5. The minimum absolute atomic E-state index is 0.147. The molecule has 0 bridgehead atoms. The topological polar surface area (TPSA) is 98.5 Å². The lowest BCUT2D eigenvalue weighted by atomic mass is 10.1. The van der Waals surface area contributed by atoms with E-state index in [-0.39, 0.29) is 21.8 Å². The van der Waals surface area contributed by atoms with Crippen LogP contribution in [0.3, 0.4) is 0 Å². The number of carbonyl (C=O) groups is 2. The average Bonchev–Trinajstić information content (AvgIpc) is 2.56. The molecule has 0 spiro atoms. The zero-order chi connectivity index (χ0) is 17.9. The molecule has 0 heterocycles. The predicted molar refractivity (Wildman–Crippen MR) is 83.8 cm³/mol.